The van der Waals surface area contributed by atoms with E-state index in [9.17, 15) is 9.18 Å². The number of carbonyl (C=O) groups is 1. The van der Waals surface area contributed by atoms with Gasteiger partial charge in [0.25, 0.3) is 0 Å². The van der Waals surface area contributed by atoms with Crippen molar-refractivity contribution in [1.29, 1.82) is 0 Å². The molecule has 2 rings (SSSR count). The Labute approximate surface area is 97.7 Å². The fourth-order valence-corrected chi connectivity index (χ4v) is 2.09. The van der Waals surface area contributed by atoms with Crippen LogP contribution < -0.4 is 5.32 Å². The number of aliphatic hydroxyl groups is 2. The highest BCUT2D eigenvalue weighted by atomic mass is 19.1. The molecule has 0 aliphatic carbocycles. The van der Waals surface area contributed by atoms with E-state index < -0.39 is 24.3 Å². The second-order valence-electron chi connectivity index (χ2n) is 4.32. The Morgan fingerprint density at radius 2 is 2.41 bits per heavy atom. The van der Waals surface area contributed by atoms with Crippen LogP contribution >= 0.6 is 0 Å². The van der Waals surface area contributed by atoms with E-state index in [-0.39, 0.29) is 18.6 Å². The number of aliphatic hydroxyl groups excluding tert-OH is 2. The molecule has 0 aromatic rings. The highest BCUT2D eigenvalue weighted by Gasteiger charge is 2.40. The Morgan fingerprint density at radius 1 is 1.71 bits per heavy atom. The van der Waals surface area contributed by atoms with Gasteiger partial charge in [0.2, 0.25) is 0 Å². The standard InChI is InChI=1S/C10H15FN2O4/c1-5-2-6(4-14)17-9(5)13-3-7(11)8(15)12-10(13)16/h3,5-6,8-9,14-15H,2,4H2,1H3,(H,12,16). The van der Waals surface area contributed by atoms with Crippen molar-refractivity contribution in [2.24, 2.45) is 5.92 Å². The molecule has 2 aliphatic rings. The van der Waals surface area contributed by atoms with E-state index in [1.54, 1.807) is 0 Å². The highest BCUT2D eigenvalue weighted by Crippen LogP contribution is 2.30. The van der Waals surface area contributed by atoms with Gasteiger partial charge in [-0.3, -0.25) is 4.90 Å². The van der Waals surface area contributed by atoms with E-state index in [1.165, 1.54) is 0 Å². The molecule has 2 amide bonds. The molecule has 0 saturated carbocycles. The molecule has 0 aromatic heterocycles. The number of nitrogens with one attached hydrogen (secondary N) is 1. The van der Waals surface area contributed by atoms with Gasteiger partial charge in [-0.15, -0.1) is 0 Å². The Morgan fingerprint density at radius 3 is 3.00 bits per heavy atom. The molecule has 2 aliphatic heterocycles. The Hall–Kier alpha value is -1.18. The Bertz CT molecular complexity index is 349. The molecule has 2 heterocycles. The van der Waals surface area contributed by atoms with Gasteiger partial charge >= 0.3 is 6.03 Å². The monoisotopic (exact) mass is 246 g/mol. The number of hydrogen-bond donors (Lipinski definition) is 3. The molecule has 17 heavy (non-hydrogen) atoms. The Kier molecular flexibility index (Phi) is 3.32. The number of amides is 2. The second-order valence-corrected chi connectivity index (χ2v) is 4.32. The third kappa shape index (κ3) is 2.26. The summed E-state index contributed by atoms with van der Waals surface area (Å²) in [5, 5.41) is 20.1. The van der Waals surface area contributed by atoms with Crippen LogP contribution in [0, 0.1) is 5.92 Å². The van der Waals surface area contributed by atoms with Crippen LogP contribution in [0.4, 0.5) is 9.18 Å². The van der Waals surface area contributed by atoms with E-state index in [1.807, 2.05) is 6.92 Å². The van der Waals surface area contributed by atoms with Gasteiger partial charge in [0.05, 0.1) is 12.7 Å². The van der Waals surface area contributed by atoms with Crippen molar-refractivity contribution in [2.45, 2.75) is 31.9 Å². The molecule has 1 saturated heterocycles. The average molecular weight is 246 g/mol. The van der Waals surface area contributed by atoms with E-state index in [0.29, 0.717) is 6.42 Å². The third-order valence-corrected chi connectivity index (χ3v) is 2.95. The average Bonchev–Trinajstić information content (AvgIpc) is 2.65. The van der Waals surface area contributed by atoms with Crippen LogP contribution in [0.3, 0.4) is 0 Å². The SMILES string of the molecule is CC1CC(CO)OC1N1C=C(F)C(O)NC1=O. The van der Waals surface area contributed by atoms with Crippen LogP contribution in [0.2, 0.25) is 0 Å². The van der Waals surface area contributed by atoms with Crippen LogP contribution in [-0.2, 0) is 4.74 Å². The van der Waals surface area contributed by atoms with Crippen molar-refractivity contribution in [2.75, 3.05) is 6.61 Å². The lowest BCUT2D eigenvalue weighted by molar-refractivity contribution is -0.0506. The minimum absolute atomic E-state index is 0.0165. The minimum atomic E-state index is -1.59. The second kappa shape index (κ2) is 4.59. The van der Waals surface area contributed by atoms with E-state index in [4.69, 9.17) is 14.9 Å². The molecule has 4 unspecified atom stereocenters. The normalized spacial score (nSPS) is 38.0. The zero-order valence-corrected chi connectivity index (χ0v) is 9.34. The van der Waals surface area contributed by atoms with Gasteiger partial charge in [0.1, 0.15) is 6.23 Å². The summed E-state index contributed by atoms with van der Waals surface area (Å²) in [5.41, 5.74) is 0. The topological polar surface area (TPSA) is 82.0 Å². The van der Waals surface area contributed by atoms with Gasteiger partial charge in [-0.05, 0) is 6.42 Å². The largest absolute Gasteiger partial charge is 0.394 e. The number of nitrogens with zero attached hydrogens (tertiary/aromatic N) is 1. The quantitative estimate of drug-likeness (QED) is 0.634. The van der Waals surface area contributed by atoms with Crippen molar-refractivity contribution >= 4 is 6.03 Å². The lowest BCUT2D eigenvalue weighted by atomic mass is 10.1. The minimum Gasteiger partial charge on any atom is -0.394 e. The Balaban J connectivity index is 2.14. The van der Waals surface area contributed by atoms with Crippen molar-refractivity contribution in [1.82, 2.24) is 10.2 Å². The summed E-state index contributed by atoms with van der Waals surface area (Å²) in [6, 6.07) is -0.616. The van der Waals surface area contributed by atoms with E-state index in [0.717, 1.165) is 11.1 Å². The van der Waals surface area contributed by atoms with Crippen molar-refractivity contribution in [3.8, 4) is 0 Å². The summed E-state index contributed by atoms with van der Waals surface area (Å²) in [6.45, 7) is 1.72. The molecule has 0 spiro atoms. The maximum Gasteiger partial charge on any atom is 0.325 e. The van der Waals surface area contributed by atoms with Crippen LogP contribution in [0.15, 0.2) is 12.0 Å². The number of rotatable bonds is 2. The lowest BCUT2D eigenvalue weighted by Gasteiger charge is -2.32. The molecule has 6 nitrogen and oxygen atoms in total. The molecule has 0 bridgehead atoms. The van der Waals surface area contributed by atoms with Crippen LogP contribution in [-0.4, -0.2) is 46.3 Å². The maximum atomic E-state index is 13.2. The molecule has 3 N–H and O–H groups in total. The predicted octanol–water partition coefficient (Wildman–Crippen LogP) is -0.116. The summed E-state index contributed by atoms with van der Waals surface area (Å²) in [4.78, 5) is 12.7. The summed E-state index contributed by atoms with van der Waals surface area (Å²) in [7, 11) is 0. The molecule has 96 valence electrons. The van der Waals surface area contributed by atoms with Crippen molar-refractivity contribution < 1.29 is 24.1 Å². The molecule has 7 heteroatoms. The lowest BCUT2D eigenvalue weighted by Crippen LogP contribution is -2.52. The predicted molar refractivity (Wildman–Crippen MR) is 55.1 cm³/mol. The smallest absolute Gasteiger partial charge is 0.325 e. The molecule has 0 radical (unpaired) electrons. The molecule has 1 fully saturated rings. The van der Waals surface area contributed by atoms with Gasteiger partial charge < -0.3 is 20.3 Å². The molecular formula is C10H15FN2O4. The van der Waals surface area contributed by atoms with Gasteiger partial charge in [-0.2, -0.15) is 0 Å². The summed E-state index contributed by atoms with van der Waals surface area (Å²) >= 11 is 0. The number of hydrogen-bond acceptors (Lipinski definition) is 4. The summed E-state index contributed by atoms with van der Waals surface area (Å²) in [5.74, 6) is -0.856. The first-order chi connectivity index (χ1) is 8.02. The fourth-order valence-electron chi connectivity index (χ4n) is 2.09. The van der Waals surface area contributed by atoms with E-state index >= 15 is 0 Å². The fraction of sp³-hybridized carbons (Fsp3) is 0.700. The number of urea groups is 1. The molecule has 0 aromatic carbocycles. The number of ether oxygens (including phenoxy) is 1. The van der Waals surface area contributed by atoms with Gasteiger partial charge in [0.15, 0.2) is 12.1 Å². The van der Waals surface area contributed by atoms with Crippen molar-refractivity contribution in [3.05, 3.63) is 12.0 Å². The van der Waals surface area contributed by atoms with Crippen LogP contribution in [0.1, 0.15) is 13.3 Å². The first-order valence-corrected chi connectivity index (χ1v) is 5.43. The van der Waals surface area contributed by atoms with Crippen LogP contribution in [0.5, 0.6) is 0 Å². The van der Waals surface area contributed by atoms with Crippen molar-refractivity contribution in [3.63, 3.8) is 0 Å². The first-order valence-electron chi connectivity index (χ1n) is 5.43. The maximum absolute atomic E-state index is 13.2. The number of halogens is 1. The summed E-state index contributed by atoms with van der Waals surface area (Å²) in [6.07, 6.45) is -1.02. The van der Waals surface area contributed by atoms with E-state index in [2.05, 4.69) is 5.32 Å². The van der Waals surface area contributed by atoms with Gasteiger partial charge in [0, 0.05) is 12.1 Å². The molecular weight excluding hydrogens is 231 g/mol. The zero-order valence-electron chi connectivity index (χ0n) is 9.34. The van der Waals surface area contributed by atoms with Gasteiger partial charge in [-0.25, -0.2) is 9.18 Å². The highest BCUT2D eigenvalue weighted by molar-refractivity contribution is 5.77. The third-order valence-electron chi connectivity index (χ3n) is 2.95. The number of carbonyl (C=O) groups excluding carboxylic acids is 1. The first kappa shape index (κ1) is 12.3. The zero-order chi connectivity index (χ0) is 12.6. The van der Waals surface area contributed by atoms with Gasteiger partial charge in [-0.1, -0.05) is 6.92 Å². The summed E-state index contributed by atoms with van der Waals surface area (Å²) < 4.78 is 18.6. The van der Waals surface area contributed by atoms with Crippen LogP contribution in [0.25, 0.3) is 0 Å². The molecule has 4 atom stereocenters.